The Balaban J connectivity index is 1.55. The monoisotopic (exact) mass is 395 g/mol. The molecule has 1 unspecified atom stereocenters. The smallest absolute Gasteiger partial charge is 0.191 e. The summed E-state index contributed by atoms with van der Waals surface area (Å²) in [4.78, 5) is 4.88. The highest BCUT2D eigenvalue weighted by molar-refractivity contribution is 5.79. The molecule has 3 rings (SSSR count). The molecule has 29 heavy (non-hydrogen) atoms. The molecule has 1 atom stereocenters. The Morgan fingerprint density at radius 2 is 1.76 bits per heavy atom. The number of nitrogens with zero attached hydrogens (tertiary/aromatic N) is 1. The number of hydrogen-bond donors (Lipinski definition) is 2. The van der Waals surface area contributed by atoms with E-state index in [1.807, 2.05) is 0 Å². The summed E-state index contributed by atoms with van der Waals surface area (Å²) in [6, 6.07) is 21.2. The highest BCUT2D eigenvalue weighted by Gasteiger charge is 2.15. The second-order valence-corrected chi connectivity index (χ2v) is 7.23. The first kappa shape index (κ1) is 21.3. The second-order valence-electron chi connectivity index (χ2n) is 7.23. The Morgan fingerprint density at radius 3 is 2.34 bits per heavy atom. The van der Waals surface area contributed by atoms with Crippen LogP contribution < -0.4 is 10.6 Å². The molecule has 5 nitrogen and oxygen atoms in total. The lowest BCUT2D eigenvalue weighted by Crippen LogP contribution is -2.38. The summed E-state index contributed by atoms with van der Waals surface area (Å²) in [7, 11) is 0. The second kappa shape index (κ2) is 12.2. The van der Waals surface area contributed by atoms with Gasteiger partial charge in [0.15, 0.2) is 5.96 Å². The van der Waals surface area contributed by atoms with E-state index in [-0.39, 0.29) is 12.0 Å². The summed E-state index contributed by atoms with van der Waals surface area (Å²) in [6.07, 6.45) is 2.23. The van der Waals surface area contributed by atoms with E-state index in [4.69, 9.17) is 14.5 Å². The molecule has 2 aromatic rings. The lowest BCUT2D eigenvalue weighted by molar-refractivity contribution is 0.0420. The fourth-order valence-electron chi connectivity index (χ4n) is 3.47. The minimum atomic E-state index is 0.235. The van der Waals surface area contributed by atoms with Gasteiger partial charge in [0.1, 0.15) is 0 Å². The number of nitrogens with one attached hydrogen (secondary N) is 2. The van der Waals surface area contributed by atoms with Crippen LogP contribution in [0.4, 0.5) is 0 Å². The first-order chi connectivity index (χ1) is 14.4. The third-order valence-electron chi connectivity index (χ3n) is 5.04. The van der Waals surface area contributed by atoms with E-state index in [2.05, 4.69) is 78.2 Å². The Hall–Kier alpha value is -2.37. The zero-order chi connectivity index (χ0) is 20.2. The van der Waals surface area contributed by atoms with Gasteiger partial charge >= 0.3 is 0 Å². The molecule has 1 fully saturated rings. The van der Waals surface area contributed by atoms with E-state index in [1.165, 1.54) is 11.1 Å². The predicted octanol–water partition coefficient (Wildman–Crippen LogP) is 3.57. The molecule has 1 aliphatic rings. The van der Waals surface area contributed by atoms with Crippen LogP contribution in [0.2, 0.25) is 0 Å². The predicted molar refractivity (Wildman–Crippen MR) is 119 cm³/mol. The maximum atomic E-state index is 5.83. The van der Waals surface area contributed by atoms with E-state index >= 15 is 0 Å². The van der Waals surface area contributed by atoms with Crippen molar-refractivity contribution in [3.8, 4) is 0 Å². The molecule has 1 heterocycles. The minimum Gasteiger partial charge on any atom is -0.379 e. The van der Waals surface area contributed by atoms with E-state index in [9.17, 15) is 0 Å². The van der Waals surface area contributed by atoms with Crippen LogP contribution in [0.25, 0.3) is 0 Å². The molecule has 1 aliphatic heterocycles. The number of aliphatic imine (C=N–C) groups is 1. The quantitative estimate of drug-likeness (QED) is 0.367. The highest BCUT2D eigenvalue weighted by Crippen LogP contribution is 2.24. The van der Waals surface area contributed by atoms with Crippen molar-refractivity contribution < 1.29 is 9.47 Å². The average molecular weight is 396 g/mol. The summed E-state index contributed by atoms with van der Waals surface area (Å²) < 4.78 is 11.2. The summed E-state index contributed by atoms with van der Waals surface area (Å²) in [5, 5.41) is 6.78. The molecule has 0 aliphatic carbocycles. The maximum absolute atomic E-state index is 5.83. The van der Waals surface area contributed by atoms with Gasteiger partial charge in [-0.25, -0.2) is 0 Å². The number of benzene rings is 2. The first-order valence-corrected chi connectivity index (χ1v) is 10.7. The first-order valence-electron chi connectivity index (χ1n) is 10.7. The van der Waals surface area contributed by atoms with Crippen molar-refractivity contribution in [1.82, 2.24) is 10.6 Å². The molecule has 156 valence electrons. The van der Waals surface area contributed by atoms with Crippen LogP contribution in [0.15, 0.2) is 65.7 Å². The van der Waals surface area contributed by atoms with Crippen molar-refractivity contribution >= 4 is 5.96 Å². The van der Waals surface area contributed by atoms with Gasteiger partial charge < -0.3 is 20.1 Å². The Morgan fingerprint density at radius 1 is 1.07 bits per heavy atom. The van der Waals surface area contributed by atoms with Crippen LogP contribution in [0.3, 0.4) is 0 Å². The van der Waals surface area contributed by atoms with E-state index in [0.29, 0.717) is 6.54 Å². The Kier molecular flexibility index (Phi) is 9.01. The van der Waals surface area contributed by atoms with Gasteiger partial charge in [-0.3, -0.25) is 4.99 Å². The fraction of sp³-hybridized carbons (Fsp3) is 0.458. The van der Waals surface area contributed by atoms with Crippen molar-refractivity contribution in [2.24, 2.45) is 4.99 Å². The van der Waals surface area contributed by atoms with Crippen LogP contribution in [0.1, 0.15) is 36.8 Å². The fourth-order valence-corrected chi connectivity index (χ4v) is 3.47. The summed E-state index contributed by atoms with van der Waals surface area (Å²) in [6.45, 7) is 6.76. The summed E-state index contributed by atoms with van der Waals surface area (Å²) in [5.74, 6) is 1.09. The Labute approximate surface area is 174 Å². The van der Waals surface area contributed by atoms with Crippen LogP contribution in [0.5, 0.6) is 0 Å². The molecule has 1 saturated heterocycles. The van der Waals surface area contributed by atoms with Crippen molar-refractivity contribution in [3.05, 3.63) is 71.8 Å². The standard InChI is InChI=1S/C24H33N3O2/c1-2-25-24(26-15-9-16-29-22-14-17-28-19-22)27-18-23(20-10-5-3-6-11-20)21-12-7-4-8-13-21/h3-8,10-13,22-23H,2,9,14-19H2,1H3,(H2,25,26,27). The summed E-state index contributed by atoms with van der Waals surface area (Å²) in [5.41, 5.74) is 2.57. The van der Waals surface area contributed by atoms with Crippen LogP contribution >= 0.6 is 0 Å². The zero-order valence-electron chi connectivity index (χ0n) is 17.3. The molecule has 0 radical (unpaired) electrons. The van der Waals surface area contributed by atoms with Gasteiger partial charge in [-0.05, 0) is 30.9 Å². The average Bonchev–Trinajstić information content (AvgIpc) is 3.29. The van der Waals surface area contributed by atoms with Crippen molar-refractivity contribution in [2.45, 2.75) is 31.8 Å². The van der Waals surface area contributed by atoms with Crippen LogP contribution in [-0.2, 0) is 9.47 Å². The molecular weight excluding hydrogens is 362 g/mol. The molecule has 2 aromatic carbocycles. The summed E-state index contributed by atoms with van der Waals surface area (Å²) >= 11 is 0. The molecule has 0 saturated carbocycles. The van der Waals surface area contributed by atoms with Crippen molar-refractivity contribution in [3.63, 3.8) is 0 Å². The molecular formula is C24H33N3O2. The van der Waals surface area contributed by atoms with Crippen molar-refractivity contribution in [2.75, 3.05) is 39.5 Å². The number of ether oxygens (including phenoxy) is 2. The topological polar surface area (TPSA) is 54.9 Å². The van der Waals surface area contributed by atoms with Crippen LogP contribution in [0, 0.1) is 0 Å². The zero-order valence-corrected chi connectivity index (χ0v) is 17.3. The molecule has 5 heteroatoms. The molecule has 0 aromatic heterocycles. The lowest BCUT2D eigenvalue weighted by atomic mass is 9.91. The maximum Gasteiger partial charge on any atom is 0.191 e. The van der Waals surface area contributed by atoms with Gasteiger partial charge in [-0.2, -0.15) is 0 Å². The molecule has 0 amide bonds. The minimum absolute atomic E-state index is 0.235. The third kappa shape index (κ3) is 7.18. The van der Waals surface area contributed by atoms with Gasteiger partial charge in [0.25, 0.3) is 0 Å². The van der Waals surface area contributed by atoms with Gasteiger partial charge in [0, 0.05) is 32.2 Å². The van der Waals surface area contributed by atoms with E-state index in [1.54, 1.807) is 0 Å². The van der Waals surface area contributed by atoms with Gasteiger partial charge in [-0.1, -0.05) is 60.7 Å². The largest absolute Gasteiger partial charge is 0.379 e. The Bertz CT molecular complexity index is 676. The lowest BCUT2D eigenvalue weighted by Gasteiger charge is -2.18. The number of guanidine groups is 1. The third-order valence-corrected chi connectivity index (χ3v) is 5.04. The van der Waals surface area contributed by atoms with Gasteiger partial charge in [0.05, 0.1) is 19.3 Å². The van der Waals surface area contributed by atoms with Gasteiger partial charge in [-0.15, -0.1) is 0 Å². The number of hydrogen-bond acceptors (Lipinski definition) is 3. The molecule has 0 bridgehead atoms. The molecule has 2 N–H and O–H groups in total. The number of rotatable bonds is 10. The normalized spacial score (nSPS) is 16.9. The van der Waals surface area contributed by atoms with E-state index < -0.39 is 0 Å². The van der Waals surface area contributed by atoms with E-state index in [0.717, 1.165) is 51.7 Å². The van der Waals surface area contributed by atoms with Crippen LogP contribution in [-0.4, -0.2) is 51.5 Å². The van der Waals surface area contributed by atoms with Crippen molar-refractivity contribution in [1.29, 1.82) is 0 Å². The SMILES string of the molecule is CCNC(=NCC(c1ccccc1)c1ccccc1)NCCCOC1CCOC1. The van der Waals surface area contributed by atoms with Gasteiger partial charge in [0.2, 0.25) is 0 Å². The highest BCUT2D eigenvalue weighted by atomic mass is 16.5. The molecule has 0 spiro atoms.